The summed E-state index contributed by atoms with van der Waals surface area (Å²) >= 11 is 3.28. The van der Waals surface area contributed by atoms with Gasteiger partial charge in [-0.2, -0.15) is 0 Å². The average molecular weight is 499 g/mol. The zero-order valence-corrected chi connectivity index (χ0v) is 19.1. The van der Waals surface area contributed by atoms with Gasteiger partial charge in [-0.05, 0) is 77.5 Å². The van der Waals surface area contributed by atoms with E-state index in [4.69, 9.17) is 9.15 Å². The molecular formula is C24H23BrN2O5. The second-order valence-electron chi connectivity index (χ2n) is 8.41. The molecule has 1 aliphatic heterocycles. The third-order valence-electron chi connectivity index (χ3n) is 6.57. The molecule has 5 unspecified atom stereocenters. The lowest BCUT2D eigenvalue weighted by molar-refractivity contribution is -0.144. The van der Waals surface area contributed by atoms with Gasteiger partial charge in [-0.3, -0.25) is 19.3 Å². The Bertz CT molecular complexity index is 1060. The number of hydrogen-bond acceptors (Lipinski definition) is 5. The van der Waals surface area contributed by atoms with Crippen LogP contribution in [0.25, 0.3) is 0 Å². The fourth-order valence-electron chi connectivity index (χ4n) is 5.25. The van der Waals surface area contributed by atoms with Crippen LogP contribution in [-0.2, 0) is 14.4 Å². The van der Waals surface area contributed by atoms with Gasteiger partial charge in [0, 0.05) is 5.69 Å². The minimum absolute atomic E-state index is 0.0904. The van der Waals surface area contributed by atoms with Crippen molar-refractivity contribution in [3.05, 3.63) is 59.0 Å². The summed E-state index contributed by atoms with van der Waals surface area (Å²) in [7, 11) is 0. The van der Waals surface area contributed by atoms with Gasteiger partial charge in [0.25, 0.3) is 0 Å². The van der Waals surface area contributed by atoms with Crippen LogP contribution in [0.2, 0.25) is 0 Å². The van der Waals surface area contributed by atoms with Crippen LogP contribution in [0.1, 0.15) is 31.6 Å². The zero-order chi connectivity index (χ0) is 22.4. The van der Waals surface area contributed by atoms with Crippen LogP contribution in [-0.4, -0.2) is 29.2 Å². The van der Waals surface area contributed by atoms with Gasteiger partial charge in [0.1, 0.15) is 17.6 Å². The highest BCUT2D eigenvalue weighted by Crippen LogP contribution is 2.54. The first-order chi connectivity index (χ1) is 15.5. The molecule has 2 aliphatic carbocycles. The van der Waals surface area contributed by atoms with E-state index in [1.807, 2.05) is 6.92 Å². The number of furan rings is 1. The lowest BCUT2D eigenvalue weighted by Gasteiger charge is -2.26. The molecule has 0 radical (unpaired) electrons. The Labute approximate surface area is 193 Å². The fraction of sp³-hybridized carbons (Fsp3) is 0.375. The highest BCUT2D eigenvalue weighted by molar-refractivity contribution is 9.10. The molecule has 1 saturated carbocycles. The summed E-state index contributed by atoms with van der Waals surface area (Å²) < 4.78 is 11.6. The predicted molar refractivity (Wildman–Crippen MR) is 120 cm³/mol. The van der Waals surface area contributed by atoms with Gasteiger partial charge in [0.15, 0.2) is 4.67 Å². The lowest BCUT2D eigenvalue weighted by Crippen LogP contribution is -2.38. The van der Waals surface area contributed by atoms with Crippen molar-refractivity contribution in [2.45, 2.75) is 25.8 Å². The van der Waals surface area contributed by atoms with Crippen LogP contribution in [0.15, 0.2) is 57.6 Å². The number of nitrogens with one attached hydrogen (secondary N) is 1. The Morgan fingerprint density at radius 3 is 2.34 bits per heavy atom. The summed E-state index contributed by atoms with van der Waals surface area (Å²) in [4.78, 5) is 40.8. The molecule has 5 atom stereocenters. The van der Waals surface area contributed by atoms with Gasteiger partial charge in [0.05, 0.1) is 24.9 Å². The molecule has 3 amide bonds. The second-order valence-corrected chi connectivity index (χ2v) is 9.20. The van der Waals surface area contributed by atoms with E-state index in [1.54, 1.807) is 36.4 Å². The first-order valence-electron chi connectivity index (χ1n) is 10.8. The number of rotatable bonds is 7. The molecule has 2 heterocycles. The zero-order valence-electron chi connectivity index (χ0n) is 17.5. The van der Waals surface area contributed by atoms with Gasteiger partial charge in [-0.25, -0.2) is 0 Å². The molecule has 5 rings (SSSR count). The number of halogens is 1. The number of fused-ring (bicyclic) bond motifs is 5. The number of imide groups is 1. The monoisotopic (exact) mass is 498 g/mol. The van der Waals surface area contributed by atoms with Crippen LogP contribution in [0.3, 0.4) is 0 Å². The highest BCUT2D eigenvalue weighted by Gasteiger charge is 2.60. The molecular weight excluding hydrogens is 476 g/mol. The quantitative estimate of drug-likeness (QED) is 0.453. The maximum absolute atomic E-state index is 13.3. The standard InChI is InChI=1S/C24H23BrN2O5/c1-2-31-16-7-5-15(6-8-16)26-20(28)12-17(18-9-10-19(25)32-18)27-23(29)21-13-3-4-14(11-13)22(21)24(27)30/h3-10,13-14,17,21-22H,2,11-12H2,1H3,(H,26,28). The van der Waals surface area contributed by atoms with Crippen molar-refractivity contribution in [1.29, 1.82) is 0 Å². The minimum Gasteiger partial charge on any atom is -0.494 e. The molecule has 2 aromatic rings. The number of ether oxygens (including phenoxy) is 1. The van der Waals surface area contributed by atoms with Crippen molar-refractivity contribution < 1.29 is 23.5 Å². The van der Waals surface area contributed by atoms with Crippen molar-refractivity contribution in [2.24, 2.45) is 23.7 Å². The fourth-order valence-corrected chi connectivity index (χ4v) is 5.57. The van der Waals surface area contributed by atoms with E-state index in [0.29, 0.717) is 28.5 Å². The third kappa shape index (κ3) is 3.56. The SMILES string of the molecule is CCOc1ccc(NC(=O)CC(c2ccc(Br)o2)N2C(=O)C3C4C=CC(C4)C3C2=O)cc1. The normalized spacial score (nSPS) is 26.5. The lowest BCUT2D eigenvalue weighted by atomic mass is 9.85. The molecule has 1 saturated heterocycles. The van der Waals surface area contributed by atoms with Gasteiger partial charge < -0.3 is 14.5 Å². The molecule has 2 fully saturated rings. The van der Waals surface area contributed by atoms with E-state index in [1.165, 1.54) is 4.90 Å². The van der Waals surface area contributed by atoms with Crippen LogP contribution >= 0.6 is 15.9 Å². The number of carbonyl (C=O) groups is 3. The summed E-state index contributed by atoms with van der Waals surface area (Å²) in [5, 5.41) is 2.84. The Morgan fingerprint density at radius 2 is 1.78 bits per heavy atom. The number of benzene rings is 1. The summed E-state index contributed by atoms with van der Waals surface area (Å²) in [5.41, 5.74) is 0.607. The number of anilines is 1. The van der Waals surface area contributed by atoms with Crippen molar-refractivity contribution in [3.63, 3.8) is 0 Å². The van der Waals surface area contributed by atoms with E-state index >= 15 is 0 Å². The van der Waals surface area contributed by atoms with Gasteiger partial charge in [0.2, 0.25) is 17.7 Å². The number of amides is 3. The van der Waals surface area contributed by atoms with Gasteiger partial charge in [-0.15, -0.1) is 0 Å². The first kappa shape index (κ1) is 21.0. The number of carbonyl (C=O) groups excluding carboxylic acids is 3. The molecule has 1 N–H and O–H groups in total. The number of allylic oxidation sites excluding steroid dienone is 2. The third-order valence-corrected chi connectivity index (χ3v) is 6.99. The first-order valence-corrected chi connectivity index (χ1v) is 11.6. The van der Waals surface area contributed by atoms with E-state index in [9.17, 15) is 14.4 Å². The summed E-state index contributed by atoms with van der Waals surface area (Å²) in [6.07, 6.45) is 4.87. The van der Waals surface area contributed by atoms with Crippen molar-refractivity contribution >= 4 is 39.3 Å². The summed E-state index contributed by atoms with van der Waals surface area (Å²) in [6.45, 7) is 2.46. The van der Waals surface area contributed by atoms with E-state index in [-0.39, 0.29) is 47.8 Å². The van der Waals surface area contributed by atoms with E-state index in [0.717, 1.165) is 6.42 Å². The minimum atomic E-state index is -0.797. The number of nitrogens with zero attached hydrogens (tertiary/aromatic N) is 1. The van der Waals surface area contributed by atoms with Crippen molar-refractivity contribution in [2.75, 3.05) is 11.9 Å². The second kappa shape index (κ2) is 8.24. The van der Waals surface area contributed by atoms with Gasteiger partial charge >= 0.3 is 0 Å². The Kier molecular flexibility index (Phi) is 5.41. The Morgan fingerprint density at radius 1 is 1.12 bits per heavy atom. The molecule has 3 aliphatic rings. The maximum Gasteiger partial charge on any atom is 0.234 e. The molecule has 0 spiro atoms. The maximum atomic E-state index is 13.3. The van der Waals surface area contributed by atoms with Crippen molar-refractivity contribution in [3.8, 4) is 5.75 Å². The molecule has 32 heavy (non-hydrogen) atoms. The number of hydrogen-bond donors (Lipinski definition) is 1. The van der Waals surface area contributed by atoms with Crippen LogP contribution < -0.4 is 10.1 Å². The molecule has 1 aromatic carbocycles. The summed E-state index contributed by atoms with van der Waals surface area (Å²) in [6, 6.07) is 9.65. The molecule has 8 heteroatoms. The molecule has 7 nitrogen and oxygen atoms in total. The molecule has 166 valence electrons. The average Bonchev–Trinajstić information content (AvgIpc) is 3.53. The topological polar surface area (TPSA) is 88.8 Å². The van der Waals surface area contributed by atoms with Crippen LogP contribution in [0.5, 0.6) is 5.75 Å². The molecule has 2 bridgehead atoms. The Hall–Kier alpha value is -2.87. The summed E-state index contributed by atoms with van der Waals surface area (Å²) in [5.74, 6) is -0.0501. The van der Waals surface area contributed by atoms with E-state index in [2.05, 4.69) is 33.4 Å². The van der Waals surface area contributed by atoms with Crippen LogP contribution in [0.4, 0.5) is 5.69 Å². The largest absolute Gasteiger partial charge is 0.494 e. The Balaban J connectivity index is 1.37. The highest BCUT2D eigenvalue weighted by atomic mass is 79.9. The smallest absolute Gasteiger partial charge is 0.234 e. The number of likely N-dealkylation sites (tertiary alicyclic amines) is 1. The molecule has 1 aromatic heterocycles. The van der Waals surface area contributed by atoms with E-state index < -0.39 is 6.04 Å². The van der Waals surface area contributed by atoms with Gasteiger partial charge in [-0.1, -0.05) is 12.2 Å². The van der Waals surface area contributed by atoms with Crippen molar-refractivity contribution in [1.82, 2.24) is 4.90 Å². The predicted octanol–water partition coefficient (Wildman–Crippen LogP) is 4.32. The van der Waals surface area contributed by atoms with Crippen LogP contribution in [0, 0.1) is 23.7 Å².